The lowest BCUT2D eigenvalue weighted by atomic mass is 10.0. The molecule has 0 radical (unpaired) electrons. The molecule has 6 nitrogen and oxygen atoms in total. The van der Waals surface area contributed by atoms with Crippen LogP contribution in [0.15, 0.2) is 71.7 Å². The SMILES string of the molecule is CCc1cccc(NC(=O)Cn2cc(C(=O)c3ccc(C)cc3)c(=O)c3ccc(C)nc32)c1. The van der Waals surface area contributed by atoms with E-state index >= 15 is 0 Å². The van der Waals surface area contributed by atoms with Crippen LogP contribution in [0.2, 0.25) is 0 Å². The Morgan fingerprint density at radius 2 is 1.76 bits per heavy atom. The zero-order valence-electron chi connectivity index (χ0n) is 18.9. The Hall–Kier alpha value is -4.06. The summed E-state index contributed by atoms with van der Waals surface area (Å²) in [7, 11) is 0. The molecule has 0 saturated carbocycles. The number of hydrogen-bond acceptors (Lipinski definition) is 4. The number of carbonyl (C=O) groups excluding carboxylic acids is 2. The molecule has 2 aromatic carbocycles. The number of aromatic nitrogens is 2. The van der Waals surface area contributed by atoms with Crippen LogP contribution in [0.4, 0.5) is 5.69 Å². The summed E-state index contributed by atoms with van der Waals surface area (Å²) in [5, 5.41) is 3.20. The Morgan fingerprint density at radius 1 is 1.00 bits per heavy atom. The third-order valence-corrected chi connectivity index (χ3v) is 5.55. The molecule has 0 aliphatic heterocycles. The lowest BCUT2D eigenvalue weighted by Gasteiger charge is -2.13. The topological polar surface area (TPSA) is 81.1 Å². The normalized spacial score (nSPS) is 10.9. The van der Waals surface area contributed by atoms with Gasteiger partial charge in [0.05, 0.1) is 10.9 Å². The van der Waals surface area contributed by atoms with Crippen molar-refractivity contribution in [3.8, 4) is 0 Å². The van der Waals surface area contributed by atoms with Crippen molar-refractivity contribution < 1.29 is 9.59 Å². The molecule has 0 spiro atoms. The van der Waals surface area contributed by atoms with E-state index in [0.29, 0.717) is 28.0 Å². The fraction of sp³-hybridized carbons (Fsp3) is 0.185. The Bertz CT molecular complexity index is 1420. The molecule has 0 aliphatic carbocycles. The van der Waals surface area contributed by atoms with Gasteiger partial charge < -0.3 is 9.88 Å². The van der Waals surface area contributed by atoms with Gasteiger partial charge in [-0.1, -0.05) is 48.9 Å². The first-order valence-corrected chi connectivity index (χ1v) is 10.9. The van der Waals surface area contributed by atoms with E-state index in [1.54, 1.807) is 28.8 Å². The number of hydrogen-bond donors (Lipinski definition) is 1. The summed E-state index contributed by atoms with van der Waals surface area (Å²) in [6.45, 7) is 5.71. The molecule has 33 heavy (non-hydrogen) atoms. The van der Waals surface area contributed by atoms with Crippen molar-refractivity contribution in [3.63, 3.8) is 0 Å². The van der Waals surface area contributed by atoms with Crippen LogP contribution in [0.25, 0.3) is 11.0 Å². The van der Waals surface area contributed by atoms with Gasteiger partial charge in [-0.3, -0.25) is 14.4 Å². The summed E-state index contributed by atoms with van der Waals surface area (Å²) < 4.78 is 1.57. The van der Waals surface area contributed by atoms with E-state index < -0.39 is 5.43 Å². The maximum absolute atomic E-state index is 13.2. The number of amides is 1. The highest BCUT2D eigenvalue weighted by Gasteiger charge is 2.19. The molecule has 4 aromatic rings. The number of fused-ring (bicyclic) bond motifs is 1. The van der Waals surface area contributed by atoms with Crippen LogP contribution in [0.3, 0.4) is 0 Å². The minimum Gasteiger partial charge on any atom is -0.325 e. The quantitative estimate of drug-likeness (QED) is 0.450. The summed E-state index contributed by atoms with van der Waals surface area (Å²) >= 11 is 0. The molecule has 4 rings (SSSR count). The first-order valence-electron chi connectivity index (χ1n) is 10.9. The predicted octanol–water partition coefficient (Wildman–Crippen LogP) is 4.45. The van der Waals surface area contributed by atoms with Gasteiger partial charge in [0.25, 0.3) is 0 Å². The number of aryl methyl sites for hydroxylation is 3. The number of benzene rings is 2. The van der Waals surface area contributed by atoms with Crippen LogP contribution in [0, 0.1) is 13.8 Å². The molecule has 2 aromatic heterocycles. The van der Waals surface area contributed by atoms with E-state index in [2.05, 4.69) is 10.3 Å². The summed E-state index contributed by atoms with van der Waals surface area (Å²) in [5.41, 5.74) is 3.96. The average molecular weight is 440 g/mol. The summed E-state index contributed by atoms with van der Waals surface area (Å²) in [4.78, 5) is 43.6. The number of nitrogens with zero attached hydrogens (tertiary/aromatic N) is 2. The second-order valence-electron chi connectivity index (χ2n) is 8.12. The zero-order valence-corrected chi connectivity index (χ0v) is 18.9. The maximum Gasteiger partial charge on any atom is 0.244 e. The number of carbonyl (C=O) groups is 2. The molecule has 2 heterocycles. The Morgan fingerprint density at radius 3 is 2.48 bits per heavy atom. The second kappa shape index (κ2) is 9.20. The predicted molar refractivity (Wildman–Crippen MR) is 130 cm³/mol. The van der Waals surface area contributed by atoms with Crippen molar-refractivity contribution in [1.82, 2.24) is 9.55 Å². The molecule has 1 amide bonds. The van der Waals surface area contributed by atoms with Crippen molar-refractivity contribution in [1.29, 1.82) is 0 Å². The molecule has 0 atom stereocenters. The van der Waals surface area contributed by atoms with E-state index in [9.17, 15) is 14.4 Å². The Labute approximate surface area is 191 Å². The molecule has 166 valence electrons. The number of anilines is 1. The van der Waals surface area contributed by atoms with E-state index in [4.69, 9.17) is 0 Å². The van der Waals surface area contributed by atoms with Gasteiger partial charge in [-0.05, 0) is 50.1 Å². The molecule has 6 heteroatoms. The number of rotatable bonds is 6. The van der Waals surface area contributed by atoms with Gasteiger partial charge in [0, 0.05) is 23.1 Å². The molecular weight excluding hydrogens is 414 g/mol. The minimum absolute atomic E-state index is 0.0118. The third kappa shape index (κ3) is 4.75. The highest BCUT2D eigenvalue weighted by atomic mass is 16.2. The monoisotopic (exact) mass is 439 g/mol. The summed E-state index contributed by atoms with van der Waals surface area (Å²) in [6.07, 6.45) is 2.31. The van der Waals surface area contributed by atoms with Crippen LogP contribution in [-0.4, -0.2) is 21.2 Å². The number of pyridine rings is 2. The lowest BCUT2D eigenvalue weighted by Crippen LogP contribution is -2.25. The summed E-state index contributed by atoms with van der Waals surface area (Å²) in [6, 6.07) is 18.1. The van der Waals surface area contributed by atoms with Crippen LogP contribution in [0.1, 0.15) is 39.7 Å². The van der Waals surface area contributed by atoms with Crippen molar-refractivity contribution >= 4 is 28.4 Å². The molecular formula is C27H25N3O3. The maximum atomic E-state index is 13.2. The molecule has 0 fully saturated rings. The highest BCUT2D eigenvalue weighted by molar-refractivity contribution is 6.10. The molecule has 0 saturated heterocycles. The molecule has 0 bridgehead atoms. The fourth-order valence-corrected chi connectivity index (χ4v) is 3.73. The van der Waals surface area contributed by atoms with Gasteiger partial charge in [0.1, 0.15) is 12.2 Å². The van der Waals surface area contributed by atoms with Gasteiger partial charge in [0.2, 0.25) is 11.3 Å². The van der Waals surface area contributed by atoms with E-state index in [0.717, 1.165) is 17.5 Å². The van der Waals surface area contributed by atoms with Gasteiger partial charge in [-0.15, -0.1) is 0 Å². The van der Waals surface area contributed by atoms with Crippen LogP contribution in [0.5, 0.6) is 0 Å². The fourth-order valence-electron chi connectivity index (χ4n) is 3.73. The Balaban J connectivity index is 1.74. The minimum atomic E-state index is -0.393. The molecule has 1 N–H and O–H groups in total. The largest absolute Gasteiger partial charge is 0.325 e. The van der Waals surface area contributed by atoms with Gasteiger partial charge in [-0.25, -0.2) is 4.98 Å². The third-order valence-electron chi connectivity index (χ3n) is 5.55. The average Bonchev–Trinajstić information content (AvgIpc) is 2.81. The van der Waals surface area contributed by atoms with E-state index in [-0.39, 0.29) is 23.8 Å². The van der Waals surface area contributed by atoms with Crippen LogP contribution >= 0.6 is 0 Å². The Kier molecular flexibility index (Phi) is 6.18. The van der Waals surface area contributed by atoms with E-state index in [1.165, 1.54) is 6.20 Å². The van der Waals surface area contributed by atoms with Crippen molar-refractivity contribution in [2.45, 2.75) is 33.7 Å². The van der Waals surface area contributed by atoms with Crippen molar-refractivity contribution in [3.05, 3.63) is 105 Å². The second-order valence-corrected chi connectivity index (χ2v) is 8.12. The summed E-state index contributed by atoms with van der Waals surface area (Å²) in [5.74, 6) is -0.655. The van der Waals surface area contributed by atoms with Crippen molar-refractivity contribution in [2.24, 2.45) is 0 Å². The zero-order chi connectivity index (χ0) is 23.5. The first-order chi connectivity index (χ1) is 15.9. The van der Waals surface area contributed by atoms with Crippen molar-refractivity contribution in [2.75, 3.05) is 5.32 Å². The molecule has 0 aliphatic rings. The number of ketones is 1. The first kappa shape index (κ1) is 22.1. The number of nitrogens with one attached hydrogen (secondary N) is 1. The van der Waals surface area contributed by atoms with Crippen LogP contribution in [-0.2, 0) is 17.8 Å². The van der Waals surface area contributed by atoms with E-state index in [1.807, 2.05) is 57.2 Å². The van der Waals surface area contributed by atoms with Gasteiger partial charge in [-0.2, -0.15) is 0 Å². The smallest absolute Gasteiger partial charge is 0.244 e. The molecule has 0 unspecified atom stereocenters. The lowest BCUT2D eigenvalue weighted by molar-refractivity contribution is -0.116. The van der Waals surface area contributed by atoms with Gasteiger partial charge >= 0.3 is 0 Å². The highest BCUT2D eigenvalue weighted by Crippen LogP contribution is 2.16. The standard InChI is InChI=1S/C27H25N3O3/c1-4-19-6-5-7-21(14-19)29-24(31)16-30-15-23(25(32)20-11-8-17(2)9-12-20)26(33)22-13-10-18(3)28-27(22)30/h5-15H,4,16H2,1-3H3,(H,29,31). The van der Waals surface area contributed by atoms with Crippen LogP contribution < -0.4 is 10.7 Å². The van der Waals surface area contributed by atoms with Gasteiger partial charge in [0.15, 0.2) is 5.78 Å².